The van der Waals surface area contributed by atoms with E-state index in [0.717, 1.165) is 31.4 Å². The van der Waals surface area contributed by atoms with Crippen molar-refractivity contribution in [2.45, 2.75) is 38.6 Å². The van der Waals surface area contributed by atoms with E-state index in [1.54, 1.807) is 0 Å². The molecule has 2 aliphatic rings. The van der Waals surface area contributed by atoms with Crippen molar-refractivity contribution in [1.29, 1.82) is 0 Å². The SMILES string of the molecule is Nc1nc(CN2C(=O)CC3(CCCC3)C2=O)nc(Nc2ccccc2)n1. The molecule has 2 aromatic rings. The lowest BCUT2D eigenvalue weighted by atomic mass is 9.84. The summed E-state index contributed by atoms with van der Waals surface area (Å²) in [5, 5.41) is 3.05. The van der Waals surface area contributed by atoms with Gasteiger partial charge in [-0.05, 0) is 25.0 Å². The van der Waals surface area contributed by atoms with E-state index in [0.29, 0.717) is 12.2 Å². The summed E-state index contributed by atoms with van der Waals surface area (Å²) in [4.78, 5) is 38.9. The fraction of sp³-hybridized carbons (Fsp3) is 0.389. The predicted octanol–water partition coefficient (Wildman–Crippen LogP) is 2.02. The number of likely N-dealkylation sites (tertiary alicyclic amines) is 1. The van der Waals surface area contributed by atoms with Crippen LogP contribution < -0.4 is 11.1 Å². The molecule has 2 amide bonds. The van der Waals surface area contributed by atoms with Crippen LogP contribution in [-0.4, -0.2) is 31.7 Å². The highest BCUT2D eigenvalue weighted by molar-refractivity contribution is 6.05. The summed E-state index contributed by atoms with van der Waals surface area (Å²) in [7, 11) is 0. The van der Waals surface area contributed by atoms with Crippen LogP contribution in [0.4, 0.5) is 17.6 Å². The molecule has 1 aromatic carbocycles. The summed E-state index contributed by atoms with van der Waals surface area (Å²) in [6.45, 7) is 0.0234. The summed E-state index contributed by atoms with van der Waals surface area (Å²) in [6, 6.07) is 9.42. The Morgan fingerprint density at radius 2 is 1.81 bits per heavy atom. The highest BCUT2D eigenvalue weighted by Gasteiger charge is 2.52. The van der Waals surface area contributed by atoms with Crippen LogP contribution in [0.1, 0.15) is 37.9 Å². The molecule has 0 atom stereocenters. The smallest absolute Gasteiger partial charge is 0.236 e. The number of hydrogen-bond donors (Lipinski definition) is 2. The highest BCUT2D eigenvalue weighted by Crippen LogP contribution is 2.47. The van der Waals surface area contributed by atoms with Crippen molar-refractivity contribution in [3.63, 3.8) is 0 Å². The average molecular weight is 352 g/mol. The van der Waals surface area contributed by atoms with Crippen molar-refractivity contribution >= 4 is 29.4 Å². The Morgan fingerprint density at radius 1 is 1.08 bits per heavy atom. The molecule has 1 saturated heterocycles. The summed E-state index contributed by atoms with van der Waals surface area (Å²) < 4.78 is 0. The third kappa shape index (κ3) is 2.98. The fourth-order valence-corrected chi connectivity index (χ4v) is 3.82. The molecule has 2 heterocycles. The Morgan fingerprint density at radius 3 is 2.54 bits per heavy atom. The minimum absolute atomic E-state index is 0.0234. The monoisotopic (exact) mass is 352 g/mol. The molecular formula is C18H20N6O2. The van der Waals surface area contributed by atoms with E-state index in [9.17, 15) is 9.59 Å². The summed E-state index contributed by atoms with van der Waals surface area (Å²) in [5.41, 5.74) is 6.09. The zero-order valence-electron chi connectivity index (χ0n) is 14.3. The zero-order valence-corrected chi connectivity index (χ0v) is 14.3. The number of nitrogen functional groups attached to an aromatic ring is 1. The number of aromatic nitrogens is 3. The van der Waals surface area contributed by atoms with E-state index >= 15 is 0 Å². The number of carbonyl (C=O) groups excluding carboxylic acids is 2. The average Bonchev–Trinajstić information content (AvgIpc) is 3.16. The lowest BCUT2D eigenvalue weighted by molar-refractivity contribution is -0.142. The second-order valence-electron chi connectivity index (χ2n) is 6.87. The molecule has 1 aromatic heterocycles. The van der Waals surface area contributed by atoms with Crippen LogP contribution in [0.25, 0.3) is 0 Å². The van der Waals surface area contributed by atoms with Gasteiger partial charge in [0.2, 0.25) is 23.7 Å². The Kier molecular flexibility index (Phi) is 4.02. The second kappa shape index (κ2) is 6.36. The Hall–Kier alpha value is -3.03. The van der Waals surface area contributed by atoms with Gasteiger partial charge in [-0.2, -0.15) is 15.0 Å². The first-order chi connectivity index (χ1) is 12.6. The minimum Gasteiger partial charge on any atom is -0.368 e. The summed E-state index contributed by atoms with van der Waals surface area (Å²) in [6.07, 6.45) is 3.86. The van der Waals surface area contributed by atoms with Gasteiger partial charge >= 0.3 is 0 Å². The van der Waals surface area contributed by atoms with E-state index in [2.05, 4.69) is 20.3 Å². The molecule has 1 spiro atoms. The number of para-hydroxylation sites is 1. The molecule has 0 unspecified atom stereocenters. The number of amides is 2. The molecule has 8 nitrogen and oxygen atoms in total. The molecule has 1 aliphatic heterocycles. The summed E-state index contributed by atoms with van der Waals surface area (Å²) >= 11 is 0. The van der Waals surface area contributed by atoms with Crippen LogP contribution in [0.3, 0.4) is 0 Å². The molecule has 3 N–H and O–H groups in total. The number of carbonyl (C=O) groups is 2. The number of nitrogens with zero attached hydrogens (tertiary/aromatic N) is 4. The maximum Gasteiger partial charge on any atom is 0.236 e. The first-order valence-electron chi connectivity index (χ1n) is 8.73. The van der Waals surface area contributed by atoms with Gasteiger partial charge < -0.3 is 11.1 Å². The molecule has 2 fully saturated rings. The molecular weight excluding hydrogens is 332 g/mol. The molecule has 134 valence electrons. The van der Waals surface area contributed by atoms with E-state index < -0.39 is 5.41 Å². The van der Waals surface area contributed by atoms with Crippen molar-refractivity contribution in [2.24, 2.45) is 5.41 Å². The van der Waals surface area contributed by atoms with Gasteiger partial charge in [-0.15, -0.1) is 0 Å². The number of rotatable bonds is 4. The van der Waals surface area contributed by atoms with Gasteiger partial charge in [0.25, 0.3) is 0 Å². The first-order valence-corrected chi connectivity index (χ1v) is 8.73. The first kappa shape index (κ1) is 16.4. The van der Waals surface area contributed by atoms with E-state index in [4.69, 9.17) is 5.73 Å². The molecule has 8 heteroatoms. The van der Waals surface area contributed by atoms with E-state index in [1.807, 2.05) is 30.3 Å². The van der Waals surface area contributed by atoms with E-state index in [1.165, 1.54) is 4.90 Å². The topological polar surface area (TPSA) is 114 Å². The van der Waals surface area contributed by atoms with Crippen LogP contribution in [0, 0.1) is 5.41 Å². The Labute approximate surface area is 150 Å². The molecule has 1 aliphatic carbocycles. The standard InChI is InChI=1S/C18H20N6O2/c19-16-21-13(22-17(23-16)20-12-6-2-1-3-7-12)11-24-14(25)10-18(15(24)26)8-4-5-9-18/h1-3,6-7H,4-5,8-11H2,(H3,19,20,21,22,23). The van der Waals surface area contributed by atoms with Crippen molar-refractivity contribution in [2.75, 3.05) is 11.1 Å². The van der Waals surface area contributed by atoms with Gasteiger partial charge in [-0.25, -0.2) is 0 Å². The zero-order chi connectivity index (χ0) is 18.1. The van der Waals surface area contributed by atoms with Crippen LogP contribution in [0.2, 0.25) is 0 Å². The fourth-order valence-electron chi connectivity index (χ4n) is 3.82. The Balaban J connectivity index is 1.55. The van der Waals surface area contributed by atoms with Gasteiger partial charge in [0.05, 0.1) is 12.0 Å². The lowest BCUT2D eigenvalue weighted by Gasteiger charge is -2.20. The number of nitrogens with one attached hydrogen (secondary N) is 1. The van der Waals surface area contributed by atoms with Crippen LogP contribution in [0.5, 0.6) is 0 Å². The molecule has 1 saturated carbocycles. The minimum atomic E-state index is -0.499. The molecule has 0 radical (unpaired) electrons. The number of anilines is 3. The maximum atomic E-state index is 12.8. The van der Waals surface area contributed by atoms with Gasteiger partial charge in [0.15, 0.2) is 5.82 Å². The molecule has 4 rings (SSSR count). The van der Waals surface area contributed by atoms with Gasteiger partial charge in [0.1, 0.15) is 0 Å². The number of nitrogens with two attached hydrogens (primary N) is 1. The quantitative estimate of drug-likeness (QED) is 0.809. The lowest BCUT2D eigenvalue weighted by Crippen LogP contribution is -2.34. The third-order valence-corrected chi connectivity index (χ3v) is 5.08. The van der Waals surface area contributed by atoms with Gasteiger partial charge in [-0.3, -0.25) is 14.5 Å². The van der Waals surface area contributed by atoms with Crippen molar-refractivity contribution in [1.82, 2.24) is 19.9 Å². The molecule has 26 heavy (non-hydrogen) atoms. The summed E-state index contributed by atoms with van der Waals surface area (Å²) in [5.74, 6) is 0.370. The van der Waals surface area contributed by atoms with Gasteiger partial charge in [0, 0.05) is 12.1 Å². The maximum absolute atomic E-state index is 12.8. The highest BCUT2D eigenvalue weighted by atomic mass is 16.2. The van der Waals surface area contributed by atoms with Crippen molar-refractivity contribution < 1.29 is 9.59 Å². The van der Waals surface area contributed by atoms with Crippen LogP contribution >= 0.6 is 0 Å². The second-order valence-corrected chi connectivity index (χ2v) is 6.87. The van der Waals surface area contributed by atoms with Crippen molar-refractivity contribution in [3.05, 3.63) is 36.2 Å². The number of hydrogen-bond acceptors (Lipinski definition) is 7. The molecule has 0 bridgehead atoms. The Bertz CT molecular complexity index is 848. The predicted molar refractivity (Wildman–Crippen MR) is 95.0 cm³/mol. The van der Waals surface area contributed by atoms with E-state index in [-0.39, 0.29) is 30.3 Å². The van der Waals surface area contributed by atoms with Crippen LogP contribution in [0.15, 0.2) is 30.3 Å². The van der Waals surface area contributed by atoms with Gasteiger partial charge in [-0.1, -0.05) is 31.0 Å². The van der Waals surface area contributed by atoms with Crippen LogP contribution in [-0.2, 0) is 16.1 Å². The normalized spacial score (nSPS) is 18.7. The largest absolute Gasteiger partial charge is 0.368 e. The van der Waals surface area contributed by atoms with Crippen molar-refractivity contribution in [3.8, 4) is 0 Å². The number of imide groups is 1. The number of benzene rings is 1. The third-order valence-electron chi connectivity index (χ3n) is 5.08.